The summed E-state index contributed by atoms with van der Waals surface area (Å²) >= 11 is 0. The number of alkyl halides is 3. The molecule has 1 aliphatic carbocycles. The minimum atomic E-state index is -4.08. The highest BCUT2D eigenvalue weighted by molar-refractivity contribution is 4.94. The molecular weight excluding hydrogens is 143 g/mol. The third-order valence-electron chi connectivity index (χ3n) is 2.30. The van der Waals surface area contributed by atoms with Gasteiger partial charge in [-0.1, -0.05) is 6.42 Å². The molecule has 0 amide bonds. The van der Waals surface area contributed by atoms with Gasteiger partial charge < -0.3 is 5.73 Å². The maximum atomic E-state index is 12.1. The second kappa shape index (κ2) is 2.12. The molecule has 0 heterocycles. The fourth-order valence-electron chi connectivity index (χ4n) is 1.21. The van der Waals surface area contributed by atoms with Crippen LogP contribution in [0.2, 0.25) is 0 Å². The summed E-state index contributed by atoms with van der Waals surface area (Å²) in [7, 11) is 0. The summed E-state index contributed by atoms with van der Waals surface area (Å²) in [5, 5.41) is 0. The van der Waals surface area contributed by atoms with Crippen molar-refractivity contribution in [2.75, 3.05) is 6.54 Å². The predicted molar refractivity (Wildman–Crippen MR) is 31.4 cm³/mol. The van der Waals surface area contributed by atoms with Crippen LogP contribution in [-0.4, -0.2) is 12.7 Å². The zero-order chi connectivity index (χ0) is 7.83. The van der Waals surface area contributed by atoms with Gasteiger partial charge in [0.05, 0.1) is 5.41 Å². The SMILES string of the molecule is NCC1(C(F)(F)F)CCC1. The normalized spacial score (nSPS) is 24.0. The lowest BCUT2D eigenvalue weighted by molar-refractivity contribution is -0.246. The van der Waals surface area contributed by atoms with Crippen LogP contribution in [-0.2, 0) is 0 Å². The summed E-state index contributed by atoms with van der Waals surface area (Å²) < 4.78 is 36.2. The molecule has 10 heavy (non-hydrogen) atoms. The number of rotatable bonds is 1. The zero-order valence-electron chi connectivity index (χ0n) is 5.54. The van der Waals surface area contributed by atoms with Crippen LogP contribution in [0.4, 0.5) is 13.2 Å². The van der Waals surface area contributed by atoms with Crippen molar-refractivity contribution in [3.63, 3.8) is 0 Å². The lowest BCUT2D eigenvalue weighted by Crippen LogP contribution is -2.49. The van der Waals surface area contributed by atoms with Crippen LogP contribution in [0.15, 0.2) is 0 Å². The van der Waals surface area contributed by atoms with E-state index in [9.17, 15) is 13.2 Å². The fourth-order valence-corrected chi connectivity index (χ4v) is 1.21. The molecule has 0 aromatic heterocycles. The molecule has 1 rings (SSSR count). The van der Waals surface area contributed by atoms with E-state index in [1.165, 1.54) is 0 Å². The molecule has 1 fully saturated rings. The summed E-state index contributed by atoms with van der Waals surface area (Å²) in [6, 6.07) is 0. The number of hydrogen-bond acceptors (Lipinski definition) is 1. The van der Waals surface area contributed by atoms with E-state index < -0.39 is 11.6 Å². The summed E-state index contributed by atoms with van der Waals surface area (Å²) in [5.41, 5.74) is 3.51. The van der Waals surface area contributed by atoms with Crippen molar-refractivity contribution < 1.29 is 13.2 Å². The largest absolute Gasteiger partial charge is 0.395 e. The maximum absolute atomic E-state index is 12.1. The summed E-state index contributed by atoms with van der Waals surface area (Å²) in [4.78, 5) is 0. The molecule has 0 aromatic carbocycles. The van der Waals surface area contributed by atoms with Crippen LogP contribution in [0.25, 0.3) is 0 Å². The van der Waals surface area contributed by atoms with Crippen molar-refractivity contribution in [2.24, 2.45) is 11.1 Å². The molecule has 1 saturated carbocycles. The Morgan fingerprint density at radius 1 is 1.30 bits per heavy atom. The van der Waals surface area contributed by atoms with E-state index in [0.717, 1.165) is 0 Å². The maximum Gasteiger partial charge on any atom is 0.395 e. The third kappa shape index (κ3) is 0.905. The molecule has 0 bridgehead atoms. The average molecular weight is 153 g/mol. The van der Waals surface area contributed by atoms with Gasteiger partial charge >= 0.3 is 6.18 Å². The average Bonchev–Trinajstić information content (AvgIpc) is 1.58. The Hall–Kier alpha value is -0.250. The van der Waals surface area contributed by atoms with Crippen molar-refractivity contribution in [1.82, 2.24) is 0 Å². The molecule has 0 unspecified atom stereocenters. The molecule has 0 aromatic rings. The Morgan fingerprint density at radius 2 is 1.80 bits per heavy atom. The van der Waals surface area contributed by atoms with E-state index in [-0.39, 0.29) is 19.4 Å². The Bertz CT molecular complexity index is 120. The first-order chi connectivity index (χ1) is 4.52. The lowest BCUT2D eigenvalue weighted by Gasteiger charge is -2.42. The number of halogens is 3. The monoisotopic (exact) mass is 153 g/mol. The lowest BCUT2D eigenvalue weighted by atomic mass is 9.68. The number of nitrogens with two attached hydrogens (primary N) is 1. The smallest absolute Gasteiger partial charge is 0.330 e. The van der Waals surface area contributed by atoms with E-state index >= 15 is 0 Å². The molecule has 1 aliphatic rings. The van der Waals surface area contributed by atoms with Crippen LogP contribution < -0.4 is 5.73 Å². The van der Waals surface area contributed by atoms with Gasteiger partial charge in [0.2, 0.25) is 0 Å². The quantitative estimate of drug-likeness (QED) is 0.609. The van der Waals surface area contributed by atoms with Crippen molar-refractivity contribution >= 4 is 0 Å². The second-order valence-corrected chi connectivity index (χ2v) is 2.84. The molecule has 2 N–H and O–H groups in total. The Morgan fingerprint density at radius 3 is 1.80 bits per heavy atom. The minimum Gasteiger partial charge on any atom is -0.330 e. The summed E-state index contributed by atoms with van der Waals surface area (Å²) in [5.74, 6) is 0. The first-order valence-electron chi connectivity index (χ1n) is 3.29. The molecule has 0 saturated heterocycles. The Balaban J connectivity index is 2.65. The van der Waals surface area contributed by atoms with Crippen LogP contribution in [0.1, 0.15) is 19.3 Å². The van der Waals surface area contributed by atoms with Gasteiger partial charge in [-0.05, 0) is 12.8 Å². The molecule has 0 radical (unpaired) electrons. The first kappa shape index (κ1) is 7.85. The van der Waals surface area contributed by atoms with E-state index in [1.807, 2.05) is 0 Å². The van der Waals surface area contributed by atoms with E-state index in [1.54, 1.807) is 0 Å². The van der Waals surface area contributed by atoms with Gasteiger partial charge in [0.15, 0.2) is 0 Å². The fraction of sp³-hybridized carbons (Fsp3) is 1.00. The van der Waals surface area contributed by atoms with Crippen molar-refractivity contribution in [1.29, 1.82) is 0 Å². The topological polar surface area (TPSA) is 26.0 Å². The van der Waals surface area contributed by atoms with E-state index in [4.69, 9.17) is 5.73 Å². The van der Waals surface area contributed by atoms with Crippen LogP contribution in [0.3, 0.4) is 0 Å². The van der Waals surface area contributed by atoms with Crippen LogP contribution >= 0.6 is 0 Å². The Labute approximate surface area is 57.4 Å². The van der Waals surface area contributed by atoms with Gasteiger partial charge in [-0.2, -0.15) is 13.2 Å². The zero-order valence-corrected chi connectivity index (χ0v) is 5.54. The van der Waals surface area contributed by atoms with Gasteiger partial charge in [-0.15, -0.1) is 0 Å². The molecule has 0 aliphatic heterocycles. The van der Waals surface area contributed by atoms with Crippen molar-refractivity contribution in [3.05, 3.63) is 0 Å². The number of hydrogen-bond donors (Lipinski definition) is 1. The van der Waals surface area contributed by atoms with Crippen molar-refractivity contribution in [3.8, 4) is 0 Å². The Kier molecular flexibility index (Phi) is 1.66. The van der Waals surface area contributed by atoms with Gasteiger partial charge in [-0.3, -0.25) is 0 Å². The highest BCUT2D eigenvalue weighted by atomic mass is 19.4. The molecule has 0 spiro atoms. The summed E-state index contributed by atoms with van der Waals surface area (Å²) in [6.45, 7) is -0.253. The van der Waals surface area contributed by atoms with Crippen LogP contribution in [0, 0.1) is 5.41 Å². The molecule has 0 atom stereocenters. The van der Waals surface area contributed by atoms with Crippen molar-refractivity contribution in [2.45, 2.75) is 25.4 Å². The van der Waals surface area contributed by atoms with Gasteiger partial charge in [-0.25, -0.2) is 0 Å². The van der Waals surface area contributed by atoms with Crippen LogP contribution in [0.5, 0.6) is 0 Å². The predicted octanol–water partition coefficient (Wildman–Crippen LogP) is 1.68. The standard InChI is InChI=1S/C6H10F3N/c7-6(8,9)5(4-10)2-1-3-5/h1-4,10H2. The second-order valence-electron chi connectivity index (χ2n) is 2.84. The third-order valence-corrected chi connectivity index (χ3v) is 2.30. The minimum absolute atomic E-state index is 0.215. The molecular formula is C6H10F3N. The molecule has 4 heteroatoms. The molecule has 60 valence electrons. The van der Waals surface area contributed by atoms with E-state index in [2.05, 4.69) is 0 Å². The van der Waals surface area contributed by atoms with Gasteiger partial charge in [0, 0.05) is 6.54 Å². The molecule has 1 nitrogen and oxygen atoms in total. The van der Waals surface area contributed by atoms with E-state index in [0.29, 0.717) is 6.42 Å². The first-order valence-corrected chi connectivity index (χ1v) is 3.29. The highest BCUT2D eigenvalue weighted by Crippen LogP contribution is 2.51. The van der Waals surface area contributed by atoms with Gasteiger partial charge in [0.1, 0.15) is 0 Å². The van der Waals surface area contributed by atoms with Gasteiger partial charge in [0.25, 0.3) is 0 Å². The highest BCUT2D eigenvalue weighted by Gasteiger charge is 2.56. The summed E-state index contributed by atoms with van der Waals surface area (Å²) in [6.07, 6.45) is -2.99.